The number of pyridine rings is 1. The zero-order chi connectivity index (χ0) is 13.3. The van der Waals surface area contributed by atoms with E-state index in [0.717, 1.165) is 6.07 Å². The minimum atomic E-state index is -4.40. The van der Waals surface area contributed by atoms with E-state index in [9.17, 15) is 13.2 Å². The molecule has 1 nitrogen and oxygen atoms in total. The molecule has 0 bridgehead atoms. The van der Waals surface area contributed by atoms with E-state index in [1.807, 2.05) is 0 Å². The number of aromatic nitrogens is 1. The van der Waals surface area contributed by atoms with Gasteiger partial charge in [-0.1, -0.05) is 23.7 Å². The van der Waals surface area contributed by atoms with Gasteiger partial charge in [-0.15, -0.1) is 0 Å². The predicted octanol–water partition coefficient (Wildman–Crippen LogP) is 4.73. The Kier molecular flexibility index (Phi) is 3.30. The van der Waals surface area contributed by atoms with E-state index in [2.05, 4.69) is 4.98 Å². The molecule has 0 aliphatic carbocycles. The van der Waals surface area contributed by atoms with Crippen molar-refractivity contribution in [1.29, 1.82) is 0 Å². The molecular weight excluding hydrogens is 263 g/mol. The average Bonchev–Trinajstić information content (AvgIpc) is 2.29. The molecule has 94 valence electrons. The predicted molar refractivity (Wildman–Crippen MR) is 64.4 cm³/mol. The van der Waals surface area contributed by atoms with Gasteiger partial charge < -0.3 is 0 Å². The highest BCUT2D eigenvalue weighted by atomic mass is 35.5. The summed E-state index contributed by atoms with van der Waals surface area (Å²) in [7, 11) is 0. The minimum absolute atomic E-state index is 0.0600. The molecule has 0 amide bonds. The summed E-state index contributed by atoms with van der Waals surface area (Å²) in [4.78, 5) is 3.92. The Morgan fingerprint density at radius 2 is 1.72 bits per heavy atom. The van der Waals surface area contributed by atoms with Crippen molar-refractivity contribution >= 4 is 11.6 Å². The smallest absolute Gasteiger partial charge is 0.261 e. The van der Waals surface area contributed by atoms with E-state index in [4.69, 9.17) is 11.6 Å². The Morgan fingerprint density at radius 1 is 1.11 bits per heavy atom. The van der Waals surface area contributed by atoms with Gasteiger partial charge in [0.05, 0.1) is 5.56 Å². The largest absolute Gasteiger partial charge is 0.417 e. The van der Waals surface area contributed by atoms with Crippen LogP contribution in [0.3, 0.4) is 0 Å². The van der Waals surface area contributed by atoms with Gasteiger partial charge in [-0.2, -0.15) is 13.2 Å². The summed E-state index contributed by atoms with van der Waals surface area (Å²) in [6, 6.07) is 7.24. The van der Waals surface area contributed by atoms with Crippen molar-refractivity contribution in [2.24, 2.45) is 0 Å². The lowest BCUT2D eigenvalue weighted by atomic mass is 10.0. The molecule has 2 rings (SSSR count). The lowest BCUT2D eigenvalue weighted by molar-refractivity contribution is -0.137. The maximum atomic E-state index is 12.9. The first-order valence-corrected chi connectivity index (χ1v) is 5.55. The highest BCUT2D eigenvalue weighted by Gasteiger charge is 2.34. The summed E-state index contributed by atoms with van der Waals surface area (Å²) in [5.74, 6) is 0. The molecule has 0 fully saturated rings. The summed E-state index contributed by atoms with van der Waals surface area (Å²) in [5.41, 5.74) is 0.154. The highest BCUT2D eigenvalue weighted by molar-refractivity contribution is 6.30. The van der Waals surface area contributed by atoms with Crippen LogP contribution in [0.25, 0.3) is 11.1 Å². The molecule has 1 heterocycles. The van der Waals surface area contributed by atoms with Crippen LogP contribution < -0.4 is 0 Å². The standard InChI is InChI=1S/C13H9ClF3N/c1-8-6-12(13(15,16)17)11(7-18-8)9-2-4-10(14)5-3-9/h2-7H,1H3. The molecular formula is C13H9ClF3N. The van der Waals surface area contributed by atoms with Crippen molar-refractivity contribution in [1.82, 2.24) is 4.98 Å². The van der Waals surface area contributed by atoms with Gasteiger partial charge in [0.2, 0.25) is 0 Å². The van der Waals surface area contributed by atoms with Crippen LogP contribution in [0, 0.1) is 6.92 Å². The van der Waals surface area contributed by atoms with Gasteiger partial charge in [0, 0.05) is 22.5 Å². The molecule has 2 aromatic rings. The number of hydrogen-bond donors (Lipinski definition) is 0. The SMILES string of the molecule is Cc1cc(C(F)(F)F)c(-c2ccc(Cl)cc2)cn1. The number of nitrogens with zero attached hydrogens (tertiary/aromatic N) is 1. The van der Waals surface area contributed by atoms with Crippen LogP contribution in [-0.4, -0.2) is 4.98 Å². The summed E-state index contributed by atoms with van der Waals surface area (Å²) >= 11 is 5.72. The van der Waals surface area contributed by atoms with E-state index in [0.29, 0.717) is 16.3 Å². The van der Waals surface area contributed by atoms with Crippen molar-refractivity contribution in [3.05, 3.63) is 52.8 Å². The van der Waals surface area contributed by atoms with Crippen molar-refractivity contribution in [3.63, 3.8) is 0 Å². The van der Waals surface area contributed by atoms with Gasteiger partial charge in [-0.25, -0.2) is 0 Å². The second-order valence-corrected chi connectivity index (χ2v) is 4.31. The van der Waals surface area contributed by atoms with Gasteiger partial charge in [-0.05, 0) is 30.7 Å². The molecule has 0 saturated carbocycles. The lowest BCUT2D eigenvalue weighted by Crippen LogP contribution is -2.08. The van der Waals surface area contributed by atoms with Crippen molar-refractivity contribution < 1.29 is 13.2 Å². The zero-order valence-corrected chi connectivity index (χ0v) is 10.2. The molecule has 0 aliphatic rings. The van der Waals surface area contributed by atoms with Crippen LogP contribution in [0.5, 0.6) is 0 Å². The van der Waals surface area contributed by atoms with Gasteiger partial charge in [0.25, 0.3) is 0 Å². The first-order chi connectivity index (χ1) is 8.38. The van der Waals surface area contributed by atoms with Crippen LogP contribution in [-0.2, 0) is 6.18 Å². The molecule has 0 radical (unpaired) electrons. The van der Waals surface area contributed by atoms with Gasteiger partial charge in [0.15, 0.2) is 0 Å². The van der Waals surface area contributed by atoms with E-state index in [1.54, 1.807) is 24.3 Å². The lowest BCUT2D eigenvalue weighted by Gasteiger charge is -2.13. The molecule has 0 saturated heterocycles. The first kappa shape index (κ1) is 12.9. The normalized spacial score (nSPS) is 11.6. The highest BCUT2D eigenvalue weighted by Crippen LogP contribution is 2.37. The maximum Gasteiger partial charge on any atom is 0.417 e. The Morgan fingerprint density at radius 3 is 2.28 bits per heavy atom. The van der Waals surface area contributed by atoms with E-state index >= 15 is 0 Å². The Hall–Kier alpha value is -1.55. The van der Waals surface area contributed by atoms with Crippen LogP contribution in [0.2, 0.25) is 5.02 Å². The first-order valence-electron chi connectivity index (χ1n) is 5.18. The second-order valence-electron chi connectivity index (χ2n) is 3.88. The number of alkyl halides is 3. The molecule has 18 heavy (non-hydrogen) atoms. The molecule has 1 aromatic carbocycles. The fourth-order valence-corrected chi connectivity index (χ4v) is 1.78. The van der Waals surface area contributed by atoms with Gasteiger partial charge in [-0.3, -0.25) is 4.98 Å². The number of rotatable bonds is 1. The number of hydrogen-bond acceptors (Lipinski definition) is 1. The van der Waals surface area contributed by atoms with Crippen LogP contribution >= 0.6 is 11.6 Å². The fraction of sp³-hybridized carbons (Fsp3) is 0.154. The van der Waals surface area contributed by atoms with Gasteiger partial charge >= 0.3 is 6.18 Å². The molecule has 0 spiro atoms. The third kappa shape index (κ3) is 2.64. The van der Waals surface area contributed by atoms with E-state index in [-0.39, 0.29) is 5.56 Å². The zero-order valence-electron chi connectivity index (χ0n) is 9.42. The summed E-state index contributed by atoms with van der Waals surface area (Å²) in [5, 5.41) is 0.479. The third-order valence-corrected chi connectivity index (χ3v) is 2.75. The quantitative estimate of drug-likeness (QED) is 0.731. The van der Waals surface area contributed by atoms with Crippen molar-refractivity contribution in [2.75, 3.05) is 0 Å². The summed E-state index contributed by atoms with van der Waals surface area (Å²) in [6.45, 7) is 1.53. The second kappa shape index (κ2) is 4.61. The maximum absolute atomic E-state index is 12.9. The monoisotopic (exact) mass is 271 g/mol. The number of aryl methyl sites for hydroxylation is 1. The van der Waals surface area contributed by atoms with Crippen LogP contribution in [0.1, 0.15) is 11.3 Å². The van der Waals surface area contributed by atoms with E-state index in [1.165, 1.54) is 13.1 Å². The topological polar surface area (TPSA) is 12.9 Å². The Labute approximate surface area is 107 Å². The molecule has 0 atom stereocenters. The Bertz CT molecular complexity index is 561. The van der Waals surface area contributed by atoms with Crippen LogP contribution in [0.15, 0.2) is 36.5 Å². The Balaban J connectivity index is 2.60. The van der Waals surface area contributed by atoms with Gasteiger partial charge in [0.1, 0.15) is 0 Å². The fourth-order valence-electron chi connectivity index (χ4n) is 1.65. The molecule has 5 heteroatoms. The minimum Gasteiger partial charge on any atom is -0.261 e. The molecule has 0 aliphatic heterocycles. The number of halogens is 4. The molecule has 0 N–H and O–H groups in total. The van der Waals surface area contributed by atoms with Crippen molar-refractivity contribution in [2.45, 2.75) is 13.1 Å². The summed E-state index contributed by atoms with van der Waals surface area (Å²) < 4.78 is 38.8. The molecule has 1 aromatic heterocycles. The van der Waals surface area contributed by atoms with Crippen molar-refractivity contribution in [3.8, 4) is 11.1 Å². The molecule has 0 unspecified atom stereocenters. The van der Waals surface area contributed by atoms with E-state index < -0.39 is 11.7 Å². The average molecular weight is 272 g/mol. The summed E-state index contributed by atoms with van der Waals surface area (Å²) in [6.07, 6.45) is -3.16. The third-order valence-electron chi connectivity index (χ3n) is 2.50. The number of benzene rings is 1. The van der Waals surface area contributed by atoms with Crippen LogP contribution in [0.4, 0.5) is 13.2 Å².